The number of ether oxygens (including phenoxy) is 1. The molecule has 2 aromatic rings. The normalized spacial score (nSPS) is 9.56. The number of hydrogen-bond donors (Lipinski definition) is 1. The van der Waals surface area contributed by atoms with Crippen LogP contribution in [-0.4, -0.2) is 23.1 Å². The molecule has 0 bridgehead atoms. The van der Waals surface area contributed by atoms with Crippen LogP contribution in [0.5, 0.6) is 5.88 Å². The van der Waals surface area contributed by atoms with Crippen LogP contribution in [0.3, 0.4) is 0 Å². The maximum absolute atomic E-state index is 5.46. The van der Waals surface area contributed by atoms with Gasteiger partial charge in [0.25, 0.3) is 0 Å². The number of pyridine rings is 2. The van der Waals surface area contributed by atoms with Crippen molar-refractivity contribution in [2.45, 2.75) is 6.54 Å². The second-order valence-corrected chi connectivity index (χ2v) is 3.55. The summed E-state index contributed by atoms with van der Waals surface area (Å²) in [6.45, 7) is 2.23. The molecule has 2 heterocycles. The molecule has 96 valence electrons. The van der Waals surface area contributed by atoms with Crippen molar-refractivity contribution in [2.75, 3.05) is 13.2 Å². The third-order valence-corrected chi connectivity index (χ3v) is 2.25. The fraction of sp³-hybridized carbons (Fsp3) is 0.231. The van der Waals surface area contributed by atoms with Crippen LogP contribution in [0.2, 0.25) is 0 Å². The molecule has 0 atom stereocenters. The zero-order chi connectivity index (χ0) is 11.8. The Balaban J connectivity index is 0.00000162. The Morgan fingerprint density at radius 2 is 1.89 bits per heavy atom. The highest BCUT2D eigenvalue weighted by molar-refractivity contribution is 5.85. The Morgan fingerprint density at radius 3 is 2.61 bits per heavy atom. The van der Waals surface area contributed by atoms with E-state index in [9.17, 15) is 0 Å². The molecular weight excluding hydrogens is 250 g/mol. The Morgan fingerprint density at radius 1 is 1.06 bits per heavy atom. The van der Waals surface area contributed by atoms with Gasteiger partial charge in [-0.15, -0.1) is 12.4 Å². The molecule has 0 radical (unpaired) electrons. The molecule has 2 rings (SSSR count). The summed E-state index contributed by atoms with van der Waals surface area (Å²) in [5.74, 6) is 0.665. The summed E-state index contributed by atoms with van der Waals surface area (Å²) in [5.41, 5.74) is 1.22. The van der Waals surface area contributed by atoms with Crippen molar-refractivity contribution in [1.82, 2.24) is 15.3 Å². The number of nitrogens with one attached hydrogen (secondary N) is 1. The van der Waals surface area contributed by atoms with Crippen molar-refractivity contribution in [1.29, 1.82) is 0 Å². The van der Waals surface area contributed by atoms with Gasteiger partial charge in [-0.1, -0.05) is 6.07 Å². The SMILES string of the molecule is Cl.c1ccc(OCCNCc2ccncc2)nc1. The summed E-state index contributed by atoms with van der Waals surface area (Å²) < 4.78 is 5.46. The van der Waals surface area contributed by atoms with Crippen molar-refractivity contribution in [2.24, 2.45) is 0 Å². The first kappa shape index (κ1) is 14.4. The van der Waals surface area contributed by atoms with E-state index in [2.05, 4.69) is 15.3 Å². The fourth-order valence-corrected chi connectivity index (χ4v) is 1.39. The second-order valence-electron chi connectivity index (χ2n) is 3.55. The largest absolute Gasteiger partial charge is 0.476 e. The molecule has 5 heteroatoms. The molecule has 2 aromatic heterocycles. The van der Waals surface area contributed by atoms with Gasteiger partial charge in [0.15, 0.2) is 0 Å². The first-order valence-electron chi connectivity index (χ1n) is 5.58. The van der Waals surface area contributed by atoms with Crippen molar-refractivity contribution < 1.29 is 4.74 Å². The zero-order valence-electron chi connectivity index (χ0n) is 9.95. The van der Waals surface area contributed by atoms with Gasteiger partial charge in [-0.05, 0) is 23.8 Å². The van der Waals surface area contributed by atoms with Crippen LogP contribution in [0, 0.1) is 0 Å². The summed E-state index contributed by atoms with van der Waals surface area (Å²) >= 11 is 0. The predicted molar refractivity (Wildman–Crippen MR) is 72.9 cm³/mol. The van der Waals surface area contributed by atoms with Gasteiger partial charge in [-0.2, -0.15) is 0 Å². The van der Waals surface area contributed by atoms with Crippen LogP contribution in [-0.2, 0) is 6.54 Å². The van der Waals surface area contributed by atoms with Crippen LogP contribution in [0.4, 0.5) is 0 Å². The summed E-state index contributed by atoms with van der Waals surface area (Å²) in [6.07, 6.45) is 5.31. The van der Waals surface area contributed by atoms with Crippen molar-refractivity contribution in [3.05, 3.63) is 54.5 Å². The molecule has 0 aliphatic heterocycles. The molecule has 0 fully saturated rings. The molecule has 0 aliphatic carbocycles. The Kier molecular flexibility index (Phi) is 6.76. The third-order valence-electron chi connectivity index (χ3n) is 2.25. The minimum Gasteiger partial charge on any atom is -0.476 e. The monoisotopic (exact) mass is 265 g/mol. The Hall–Kier alpha value is -1.65. The lowest BCUT2D eigenvalue weighted by molar-refractivity contribution is 0.302. The van der Waals surface area contributed by atoms with Crippen LogP contribution < -0.4 is 10.1 Å². The molecule has 0 saturated carbocycles. The molecule has 0 aliphatic rings. The van der Waals surface area contributed by atoms with Gasteiger partial charge in [0.1, 0.15) is 6.61 Å². The minimum absolute atomic E-state index is 0. The molecule has 0 amide bonds. The van der Waals surface area contributed by atoms with E-state index in [4.69, 9.17) is 4.74 Å². The highest BCUT2D eigenvalue weighted by Crippen LogP contribution is 2.02. The van der Waals surface area contributed by atoms with E-state index in [1.165, 1.54) is 5.56 Å². The van der Waals surface area contributed by atoms with Gasteiger partial charge in [0.05, 0.1) is 0 Å². The number of nitrogens with zero attached hydrogens (tertiary/aromatic N) is 2. The van der Waals surface area contributed by atoms with E-state index in [1.807, 2.05) is 30.3 Å². The highest BCUT2D eigenvalue weighted by Gasteiger charge is 1.93. The van der Waals surface area contributed by atoms with Crippen molar-refractivity contribution in [3.8, 4) is 5.88 Å². The van der Waals surface area contributed by atoms with Crippen molar-refractivity contribution >= 4 is 12.4 Å². The van der Waals surface area contributed by atoms with Gasteiger partial charge >= 0.3 is 0 Å². The first-order valence-corrected chi connectivity index (χ1v) is 5.58. The summed E-state index contributed by atoms with van der Waals surface area (Å²) in [5, 5.41) is 3.29. The number of halogens is 1. The topological polar surface area (TPSA) is 47.0 Å². The summed E-state index contributed by atoms with van der Waals surface area (Å²) in [7, 11) is 0. The quantitative estimate of drug-likeness (QED) is 0.813. The first-order chi connectivity index (χ1) is 8.45. The molecule has 18 heavy (non-hydrogen) atoms. The molecule has 0 saturated heterocycles. The average molecular weight is 266 g/mol. The van der Waals surface area contributed by atoms with Crippen LogP contribution in [0.1, 0.15) is 5.56 Å². The molecule has 0 spiro atoms. The number of hydrogen-bond acceptors (Lipinski definition) is 4. The fourth-order valence-electron chi connectivity index (χ4n) is 1.39. The Labute approximate surface area is 113 Å². The third kappa shape index (κ3) is 5.12. The lowest BCUT2D eigenvalue weighted by atomic mass is 10.3. The molecule has 0 unspecified atom stereocenters. The van der Waals surface area contributed by atoms with E-state index in [1.54, 1.807) is 18.6 Å². The summed E-state index contributed by atoms with van der Waals surface area (Å²) in [4.78, 5) is 8.05. The van der Waals surface area contributed by atoms with E-state index >= 15 is 0 Å². The number of aromatic nitrogens is 2. The van der Waals surface area contributed by atoms with Gasteiger partial charge < -0.3 is 10.1 Å². The standard InChI is InChI=1S/C13H15N3O.ClH/c1-2-6-16-13(3-1)17-10-9-15-11-12-4-7-14-8-5-12;/h1-8,15H,9-11H2;1H. The van der Waals surface area contributed by atoms with Crippen molar-refractivity contribution in [3.63, 3.8) is 0 Å². The highest BCUT2D eigenvalue weighted by atomic mass is 35.5. The van der Waals surface area contributed by atoms with E-state index < -0.39 is 0 Å². The smallest absolute Gasteiger partial charge is 0.213 e. The minimum atomic E-state index is 0. The lowest BCUT2D eigenvalue weighted by Gasteiger charge is -2.06. The van der Waals surface area contributed by atoms with Gasteiger partial charge in [0.2, 0.25) is 5.88 Å². The van der Waals surface area contributed by atoms with Crippen LogP contribution in [0.25, 0.3) is 0 Å². The molecular formula is C13H16ClN3O. The maximum atomic E-state index is 5.46. The van der Waals surface area contributed by atoms with E-state index in [0.29, 0.717) is 12.5 Å². The predicted octanol–water partition coefficient (Wildman–Crippen LogP) is 2.07. The van der Waals surface area contributed by atoms with Gasteiger partial charge in [0, 0.05) is 37.7 Å². The molecule has 0 aromatic carbocycles. The van der Waals surface area contributed by atoms with E-state index in [-0.39, 0.29) is 12.4 Å². The molecule has 4 nitrogen and oxygen atoms in total. The van der Waals surface area contributed by atoms with E-state index in [0.717, 1.165) is 13.1 Å². The Bertz CT molecular complexity index is 383. The molecule has 1 N–H and O–H groups in total. The zero-order valence-corrected chi connectivity index (χ0v) is 10.8. The van der Waals surface area contributed by atoms with Crippen LogP contribution >= 0.6 is 12.4 Å². The summed E-state index contributed by atoms with van der Waals surface area (Å²) in [6, 6.07) is 9.61. The van der Waals surface area contributed by atoms with Gasteiger partial charge in [-0.3, -0.25) is 4.98 Å². The maximum Gasteiger partial charge on any atom is 0.213 e. The second kappa shape index (κ2) is 8.44. The lowest BCUT2D eigenvalue weighted by Crippen LogP contribution is -2.20. The van der Waals surface area contributed by atoms with Gasteiger partial charge in [-0.25, -0.2) is 4.98 Å². The van der Waals surface area contributed by atoms with Crippen LogP contribution in [0.15, 0.2) is 48.9 Å². The average Bonchev–Trinajstić information content (AvgIpc) is 2.41. The number of rotatable bonds is 6.